The lowest BCUT2D eigenvalue weighted by atomic mass is 10.00. The van der Waals surface area contributed by atoms with Crippen LogP contribution in [-0.4, -0.2) is 40.8 Å². The first-order valence-electron chi connectivity index (χ1n) is 6.69. The van der Waals surface area contributed by atoms with Gasteiger partial charge in [0.15, 0.2) is 0 Å². The maximum Gasteiger partial charge on any atom is 0.326 e. The minimum atomic E-state index is -1.12. The van der Waals surface area contributed by atoms with E-state index >= 15 is 0 Å². The predicted molar refractivity (Wildman–Crippen MR) is 77.1 cm³/mol. The van der Waals surface area contributed by atoms with Gasteiger partial charge in [0.2, 0.25) is 0 Å². The molecule has 0 aliphatic rings. The Labute approximate surface area is 123 Å². The van der Waals surface area contributed by atoms with Crippen LogP contribution in [0, 0.1) is 0 Å². The summed E-state index contributed by atoms with van der Waals surface area (Å²) in [4.78, 5) is 23.5. The Morgan fingerprint density at radius 2 is 1.90 bits per heavy atom. The highest BCUT2D eigenvalue weighted by Gasteiger charge is 2.34. The fraction of sp³-hybridized carbons (Fsp3) is 0.467. The first-order valence-corrected chi connectivity index (χ1v) is 6.69. The molecule has 1 amide bonds. The quantitative estimate of drug-likeness (QED) is 0.705. The number of carboxylic acids is 1. The van der Waals surface area contributed by atoms with Gasteiger partial charge in [0.05, 0.1) is 0 Å². The number of phenols is 1. The van der Waals surface area contributed by atoms with Crippen LogP contribution in [0.4, 0.5) is 0 Å². The normalized spacial score (nSPS) is 15.0. The van der Waals surface area contributed by atoms with E-state index in [0.717, 1.165) is 0 Å². The number of nitrogens with one attached hydrogen (secondary N) is 1. The molecule has 3 N–H and O–H groups in total. The van der Waals surface area contributed by atoms with Crippen LogP contribution in [0.3, 0.4) is 0 Å². The number of amides is 1. The van der Waals surface area contributed by atoms with Gasteiger partial charge in [0.25, 0.3) is 5.91 Å². The minimum Gasteiger partial charge on any atom is -0.508 e. The van der Waals surface area contributed by atoms with E-state index in [1.54, 1.807) is 26.0 Å². The number of methoxy groups -OCH3 is 1. The monoisotopic (exact) mass is 295 g/mol. The highest BCUT2D eigenvalue weighted by atomic mass is 16.5. The minimum absolute atomic E-state index is 0.104. The van der Waals surface area contributed by atoms with Crippen LogP contribution < -0.4 is 5.32 Å². The van der Waals surface area contributed by atoms with Crippen molar-refractivity contribution in [1.29, 1.82) is 0 Å². The molecule has 0 aliphatic heterocycles. The second-order valence-corrected chi connectivity index (χ2v) is 5.02. The van der Waals surface area contributed by atoms with E-state index in [2.05, 4.69) is 5.32 Å². The van der Waals surface area contributed by atoms with Gasteiger partial charge in [-0.25, -0.2) is 4.79 Å². The topological polar surface area (TPSA) is 95.9 Å². The van der Waals surface area contributed by atoms with E-state index < -0.39 is 23.5 Å². The van der Waals surface area contributed by atoms with Gasteiger partial charge in [-0.1, -0.05) is 19.1 Å². The van der Waals surface area contributed by atoms with Crippen molar-refractivity contribution in [2.24, 2.45) is 0 Å². The maximum absolute atomic E-state index is 12.1. The highest BCUT2D eigenvalue weighted by Crippen LogP contribution is 2.16. The van der Waals surface area contributed by atoms with Gasteiger partial charge in [0, 0.05) is 13.5 Å². The summed E-state index contributed by atoms with van der Waals surface area (Å²) < 4.78 is 5.16. The molecule has 2 unspecified atom stereocenters. The predicted octanol–water partition coefficient (Wildman–Crippen LogP) is 1.32. The van der Waals surface area contributed by atoms with Crippen molar-refractivity contribution in [2.75, 3.05) is 7.11 Å². The summed E-state index contributed by atoms with van der Waals surface area (Å²) >= 11 is 0. The molecule has 2 atom stereocenters. The Hall–Kier alpha value is -2.08. The fourth-order valence-corrected chi connectivity index (χ4v) is 1.78. The number of carbonyl (C=O) groups is 2. The zero-order chi connectivity index (χ0) is 16.0. The van der Waals surface area contributed by atoms with E-state index in [-0.39, 0.29) is 12.2 Å². The van der Waals surface area contributed by atoms with Crippen LogP contribution in [0.15, 0.2) is 24.3 Å². The Morgan fingerprint density at radius 3 is 2.33 bits per heavy atom. The Bertz CT molecular complexity index is 493. The molecule has 0 heterocycles. The first kappa shape index (κ1) is 17.0. The molecule has 1 rings (SSSR count). The first-order chi connectivity index (χ1) is 9.82. The van der Waals surface area contributed by atoms with Gasteiger partial charge < -0.3 is 20.3 Å². The molecule has 1 aromatic carbocycles. The number of phenolic OH excluding ortho intramolecular Hbond substituents is 1. The summed E-state index contributed by atoms with van der Waals surface area (Å²) in [6.07, 6.45) is 0.561. The van der Waals surface area contributed by atoms with Crippen LogP contribution in [0.5, 0.6) is 5.75 Å². The molecular weight excluding hydrogens is 274 g/mol. The number of aromatic hydroxyl groups is 1. The zero-order valence-corrected chi connectivity index (χ0v) is 12.4. The smallest absolute Gasteiger partial charge is 0.326 e. The fourth-order valence-electron chi connectivity index (χ4n) is 1.78. The number of carbonyl (C=O) groups excluding carboxylic acids is 1. The third-order valence-electron chi connectivity index (χ3n) is 3.59. The molecule has 0 saturated heterocycles. The van der Waals surface area contributed by atoms with Crippen LogP contribution in [0.2, 0.25) is 0 Å². The summed E-state index contributed by atoms with van der Waals surface area (Å²) in [6.45, 7) is 3.40. The number of ether oxygens (including phenoxy) is 1. The zero-order valence-electron chi connectivity index (χ0n) is 12.4. The Kier molecular flexibility index (Phi) is 5.72. The van der Waals surface area contributed by atoms with Crippen molar-refractivity contribution >= 4 is 11.9 Å². The lowest BCUT2D eigenvalue weighted by Crippen LogP contribution is -2.52. The van der Waals surface area contributed by atoms with Crippen molar-refractivity contribution in [1.82, 2.24) is 5.32 Å². The van der Waals surface area contributed by atoms with Gasteiger partial charge in [0.1, 0.15) is 17.4 Å². The van der Waals surface area contributed by atoms with E-state index in [9.17, 15) is 19.8 Å². The summed E-state index contributed by atoms with van der Waals surface area (Å²) in [5.74, 6) is -1.47. The molecular formula is C15H21NO5. The molecule has 116 valence electrons. The number of benzene rings is 1. The largest absolute Gasteiger partial charge is 0.508 e. The molecule has 0 spiro atoms. The third kappa shape index (κ3) is 4.46. The van der Waals surface area contributed by atoms with E-state index in [0.29, 0.717) is 12.0 Å². The van der Waals surface area contributed by atoms with Crippen LogP contribution in [-0.2, 0) is 20.7 Å². The Balaban J connectivity index is 2.81. The average Bonchev–Trinajstić information content (AvgIpc) is 2.47. The molecule has 0 radical (unpaired) electrons. The number of rotatable bonds is 7. The summed E-state index contributed by atoms with van der Waals surface area (Å²) in [6, 6.07) is 5.13. The standard InChI is InChI=1S/C15H21NO5/c1-4-15(2,21-3)14(20)16-12(13(18)19)9-10-5-7-11(17)8-6-10/h5-8,12,17H,4,9H2,1-3H3,(H,16,20)(H,18,19). The van der Waals surface area contributed by atoms with Crippen LogP contribution in [0.25, 0.3) is 0 Å². The molecule has 0 fully saturated rings. The molecule has 0 bridgehead atoms. The second kappa shape index (κ2) is 7.08. The summed E-state index contributed by atoms with van der Waals surface area (Å²) in [5, 5.41) is 21.0. The van der Waals surface area contributed by atoms with E-state index in [4.69, 9.17) is 4.74 Å². The van der Waals surface area contributed by atoms with Gasteiger partial charge in [-0.3, -0.25) is 4.79 Å². The van der Waals surface area contributed by atoms with Gasteiger partial charge in [-0.2, -0.15) is 0 Å². The summed E-state index contributed by atoms with van der Waals surface area (Å²) in [7, 11) is 1.42. The number of carboxylic acid groups (broad SMARTS) is 1. The molecule has 0 aliphatic carbocycles. The van der Waals surface area contributed by atoms with Gasteiger partial charge >= 0.3 is 5.97 Å². The molecule has 6 nitrogen and oxygen atoms in total. The van der Waals surface area contributed by atoms with Crippen LogP contribution >= 0.6 is 0 Å². The molecule has 0 saturated carbocycles. The third-order valence-corrected chi connectivity index (χ3v) is 3.59. The lowest BCUT2D eigenvalue weighted by Gasteiger charge is -2.27. The Morgan fingerprint density at radius 1 is 1.33 bits per heavy atom. The maximum atomic E-state index is 12.1. The average molecular weight is 295 g/mol. The molecule has 0 aromatic heterocycles. The van der Waals surface area contributed by atoms with Crippen molar-refractivity contribution in [3.05, 3.63) is 29.8 Å². The number of aliphatic carboxylic acids is 1. The lowest BCUT2D eigenvalue weighted by molar-refractivity contribution is -0.148. The summed E-state index contributed by atoms with van der Waals surface area (Å²) in [5.41, 5.74) is -0.348. The van der Waals surface area contributed by atoms with Crippen LogP contribution in [0.1, 0.15) is 25.8 Å². The van der Waals surface area contributed by atoms with Crippen molar-refractivity contribution in [3.63, 3.8) is 0 Å². The highest BCUT2D eigenvalue weighted by molar-refractivity contribution is 5.89. The molecule has 21 heavy (non-hydrogen) atoms. The molecule has 1 aromatic rings. The van der Waals surface area contributed by atoms with Crippen molar-refractivity contribution < 1.29 is 24.5 Å². The van der Waals surface area contributed by atoms with E-state index in [1.165, 1.54) is 19.2 Å². The molecule has 6 heteroatoms. The van der Waals surface area contributed by atoms with Gasteiger partial charge in [-0.05, 0) is 31.0 Å². The second-order valence-electron chi connectivity index (χ2n) is 5.02. The number of hydrogen-bond donors (Lipinski definition) is 3. The van der Waals surface area contributed by atoms with E-state index in [1.807, 2.05) is 0 Å². The van der Waals surface area contributed by atoms with Crippen molar-refractivity contribution in [3.8, 4) is 5.75 Å². The SMILES string of the molecule is CCC(C)(OC)C(=O)NC(Cc1ccc(O)cc1)C(=O)O. The van der Waals surface area contributed by atoms with Crippen molar-refractivity contribution in [2.45, 2.75) is 38.3 Å². The van der Waals surface area contributed by atoms with Gasteiger partial charge in [-0.15, -0.1) is 0 Å². The number of hydrogen-bond acceptors (Lipinski definition) is 4.